The van der Waals surface area contributed by atoms with Crippen LogP contribution in [0.2, 0.25) is 0 Å². The van der Waals surface area contributed by atoms with Crippen LogP contribution >= 0.6 is 0 Å². The first-order valence-electron chi connectivity index (χ1n) is 7.77. The van der Waals surface area contributed by atoms with E-state index in [1.165, 1.54) is 12.1 Å². The van der Waals surface area contributed by atoms with Crippen LogP contribution in [0.15, 0.2) is 24.3 Å². The van der Waals surface area contributed by atoms with Crippen LogP contribution in [-0.2, 0) is 16.8 Å². The molecule has 1 rings (SSSR count). The van der Waals surface area contributed by atoms with Crippen LogP contribution in [0.25, 0.3) is 0 Å². The molecule has 1 nitrogen and oxygen atoms in total. The lowest BCUT2D eigenvalue weighted by Crippen LogP contribution is -2.56. The van der Waals surface area contributed by atoms with Gasteiger partial charge in [0.05, 0.1) is 5.60 Å². The number of methoxy groups -OCH3 is 1. The Morgan fingerprint density at radius 2 is 1.36 bits per heavy atom. The van der Waals surface area contributed by atoms with E-state index >= 15 is 0 Å². The van der Waals surface area contributed by atoms with Gasteiger partial charge in [0.1, 0.15) is 0 Å². The summed E-state index contributed by atoms with van der Waals surface area (Å²) in [5, 5.41) is 0. The predicted octanol–water partition coefficient (Wildman–Crippen LogP) is 6.11. The van der Waals surface area contributed by atoms with E-state index in [0.717, 1.165) is 38.9 Å². The molecular weight excluding hydrogens is 353 g/mol. The van der Waals surface area contributed by atoms with Crippen LogP contribution in [0.1, 0.15) is 44.2 Å². The van der Waals surface area contributed by atoms with Crippen LogP contribution in [0.3, 0.4) is 0 Å². The summed E-state index contributed by atoms with van der Waals surface area (Å²) in [7, 11) is 0.957. The highest BCUT2D eigenvalue weighted by atomic mass is 19.4. The quantitative estimate of drug-likeness (QED) is 0.523. The molecule has 0 heterocycles. The second-order valence-electron chi connectivity index (χ2n) is 6.21. The molecule has 1 aromatic carbocycles. The molecule has 1 unspecified atom stereocenters. The zero-order valence-electron chi connectivity index (χ0n) is 14.2. The van der Waals surface area contributed by atoms with Crippen molar-refractivity contribution in [2.45, 2.75) is 63.2 Å². The number of aryl methyl sites for hydroxylation is 1. The van der Waals surface area contributed by atoms with Crippen molar-refractivity contribution in [1.82, 2.24) is 0 Å². The lowest BCUT2D eigenvalue weighted by Gasteiger charge is -2.38. The van der Waals surface area contributed by atoms with Gasteiger partial charge in [0.15, 0.2) is 0 Å². The van der Waals surface area contributed by atoms with E-state index in [0.29, 0.717) is 0 Å². The number of hydrogen-bond acceptors (Lipinski definition) is 1. The maximum absolute atomic E-state index is 14.1. The van der Waals surface area contributed by atoms with Crippen molar-refractivity contribution < 1.29 is 35.5 Å². The molecule has 0 saturated carbocycles. The Labute approximate surface area is 142 Å². The number of hydrogen-bond donors (Lipinski definition) is 0. The van der Waals surface area contributed by atoms with Crippen molar-refractivity contribution in [3.63, 3.8) is 0 Å². The van der Waals surface area contributed by atoms with Crippen molar-refractivity contribution >= 4 is 0 Å². The zero-order valence-corrected chi connectivity index (χ0v) is 14.2. The smallest absolute Gasteiger partial charge is 0.374 e. The summed E-state index contributed by atoms with van der Waals surface area (Å²) in [5.74, 6) is 0. The molecule has 0 spiro atoms. The normalized spacial score (nSPS) is 15.9. The molecule has 0 fully saturated rings. The number of ether oxygens (including phenoxy) is 1. The predicted molar refractivity (Wildman–Crippen MR) is 80.0 cm³/mol. The SMILES string of the molecule is CCCCc1ccc(C(C)(CC(F)(C(F)(F)F)C(F)(F)F)OC)cc1. The molecule has 1 atom stereocenters. The van der Waals surface area contributed by atoms with Gasteiger partial charge >= 0.3 is 18.0 Å². The molecule has 1 aromatic rings. The summed E-state index contributed by atoms with van der Waals surface area (Å²) in [6, 6.07) is 5.95. The van der Waals surface area contributed by atoms with E-state index in [-0.39, 0.29) is 5.56 Å². The van der Waals surface area contributed by atoms with Crippen molar-refractivity contribution in [3.05, 3.63) is 35.4 Å². The Kier molecular flexibility index (Phi) is 6.53. The summed E-state index contributed by atoms with van der Waals surface area (Å²) in [4.78, 5) is 0. The minimum absolute atomic E-state index is 0.0470. The number of halogens is 7. The summed E-state index contributed by atoms with van der Waals surface area (Å²) in [6.45, 7) is 3.01. The van der Waals surface area contributed by atoms with Gasteiger partial charge in [-0.25, -0.2) is 4.39 Å². The molecular formula is C17H21F7O. The average molecular weight is 374 g/mol. The first kappa shape index (κ1) is 21.7. The summed E-state index contributed by atoms with van der Waals surface area (Å²) >= 11 is 0. The Bertz CT molecular complexity index is 534. The van der Waals surface area contributed by atoms with Gasteiger partial charge in [-0.3, -0.25) is 0 Å². The van der Waals surface area contributed by atoms with Crippen LogP contribution in [0.4, 0.5) is 30.7 Å². The van der Waals surface area contributed by atoms with Crippen LogP contribution in [0.5, 0.6) is 0 Å². The molecule has 0 saturated heterocycles. The fraction of sp³-hybridized carbons (Fsp3) is 0.647. The Morgan fingerprint density at radius 1 is 0.880 bits per heavy atom. The van der Waals surface area contributed by atoms with E-state index in [1.54, 1.807) is 12.1 Å². The monoisotopic (exact) mass is 374 g/mol. The highest BCUT2D eigenvalue weighted by Gasteiger charge is 2.74. The van der Waals surface area contributed by atoms with Gasteiger partial charge < -0.3 is 4.74 Å². The topological polar surface area (TPSA) is 9.23 Å². The second kappa shape index (κ2) is 7.51. The van der Waals surface area contributed by atoms with Crippen molar-refractivity contribution in [2.75, 3.05) is 7.11 Å². The summed E-state index contributed by atoms with van der Waals surface area (Å²) < 4.78 is 96.0. The highest BCUT2D eigenvalue weighted by molar-refractivity contribution is 5.28. The standard InChI is InChI=1S/C17H21F7O/c1-4-5-6-12-7-9-13(10-8-12)14(2,25-3)11-15(18,16(19,20)21)17(22,23)24/h7-10H,4-6,11H2,1-3H3. The van der Waals surface area contributed by atoms with E-state index in [4.69, 9.17) is 4.74 Å². The highest BCUT2D eigenvalue weighted by Crippen LogP contribution is 2.52. The first-order valence-corrected chi connectivity index (χ1v) is 7.77. The molecule has 0 aliphatic heterocycles. The number of benzene rings is 1. The number of rotatable bonds is 7. The van der Waals surface area contributed by atoms with Gasteiger partial charge in [0.25, 0.3) is 0 Å². The van der Waals surface area contributed by atoms with Crippen LogP contribution in [0, 0.1) is 0 Å². The third kappa shape index (κ3) is 4.65. The minimum Gasteiger partial charge on any atom is -0.374 e. The average Bonchev–Trinajstić information content (AvgIpc) is 2.51. The lowest BCUT2D eigenvalue weighted by atomic mass is 9.82. The third-order valence-corrected chi connectivity index (χ3v) is 4.31. The molecule has 0 N–H and O–H groups in total. The first-order chi connectivity index (χ1) is 11.3. The molecule has 0 aliphatic carbocycles. The largest absolute Gasteiger partial charge is 0.431 e. The Hall–Kier alpha value is -1.31. The van der Waals surface area contributed by atoms with Crippen LogP contribution in [-0.4, -0.2) is 25.1 Å². The molecule has 0 bridgehead atoms. The van der Waals surface area contributed by atoms with Gasteiger partial charge in [-0.15, -0.1) is 0 Å². The van der Waals surface area contributed by atoms with Gasteiger partial charge in [-0.2, -0.15) is 26.3 Å². The second-order valence-corrected chi connectivity index (χ2v) is 6.21. The third-order valence-electron chi connectivity index (χ3n) is 4.31. The molecule has 0 radical (unpaired) electrons. The maximum Gasteiger partial charge on any atom is 0.431 e. The maximum atomic E-state index is 14.1. The fourth-order valence-corrected chi connectivity index (χ4v) is 2.52. The van der Waals surface area contributed by atoms with Gasteiger partial charge in [0, 0.05) is 13.5 Å². The molecule has 8 heteroatoms. The zero-order chi connectivity index (χ0) is 19.5. The molecule has 0 amide bonds. The summed E-state index contributed by atoms with van der Waals surface area (Å²) in [5.41, 5.74) is -6.53. The Balaban J connectivity index is 3.21. The number of unbranched alkanes of at least 4 members (excludes halogenated alkanes) is 1. The molecule has 0 aromatic heterocycles. The minimum atomic E-state index is -6.11. The van der Waals surface area contributed by atoms with E-state index in [1.807, 2.05) is 6.92 Å². The van der Waals surface area contributed by atoms with E-state index in [9.17, 15) is 30.7 Å². The molecule has 25 heavy (non-hydrogen) atoms. The van der Waals surface area contributed by atoms with E-state index < -0.39 is 30.0 Å². The van der Waals surface area contributed by atoms with E-state index in [2.05, 4.69) is 0 Å². The molecule has 0 aliphatic rings. The van der Waals surface area contributed by atoms with Crippen molar-refractivity contribution in [2.24, 2.45) is 0 Å². The van der Waals surface area contributed by atoms with Crippen LogP contribution < -0.4 is 0 Å². The van der Waals surface area contributed by atoms with Crippen molar-refractivity contribution in [3.8, 4) is 0 Å². The van der Waals surface area contributed by atoms with Crippen molar-refractivity contribution in [1.29, 1.82) is 0 Å². The van der Waals surface area contributed by atoms with Gasteiger partial charge in [-0.05, 0) is 30.9 Å². The Morgan fingerprint density at radius 3 is 1.72 bits per heavy atom. The number of alkyl halides is 7. The van der Waals surface area contributed by atoms with Gasteiger partial charge in [0.2, 0.25) is 0 Å². The fourth-order valence-electron chi connectivity index (χ4n) is 2.52. The molecule has 144 valence electrons. The van der Waals surface area contributed by atoms with Gasteiger partial charge in [-0.1, -0.05) is 37.6 Å². The summed E-state index contributed by atoms with van der Waals surface area (Å²) in [6.07, 6.45) is -11.6. The lowest BCUT2D eigenvalue weighted by molar-refractivity contribution is -0.353.